The number of fused-ring (bicyclic) bond motifs is 1. The third-order valence-electron chi connectivity index (χ3n) is 3.33. The average Bonchev–Trinajstić information content (AvgIpc) is 2.80. The van der Waals surface area contributed by atoms with Crippen LogP contribution in [0.2, 0.25) is 0 Å². The Labute approximate surface area is 115 Å². The summed E-state index contributed by atoms with van der Waals surface area (Å²) in [6.45, 7) is 0. The third-order valence-corrected chi connectivity index (χ3v) is 3.33. The Bertz CT molecular complexity index is 779. The maximum atomic E-state index is 11.6. The number of aromatic nitrogens is 3. The molecule has 100 valence electrons. The number of benzene rings is 1. The normalized spacial score (nSPS) is 10.7. The molecule has 0 atom stereocenters. The smallest absolute Gasteiger partial charge is 0.226 e. The molecule has 2 heterocycles. The number of hydrogen-bond acceptors (Lipinski definition) is 4. The second kappa shape index (κ2) is 4.77. The van der Waals surface area contributed by atoms with Crippen LogP contribution in [0.3, 0.4) is 0 Å². The van der Waals surface area contributed by atoms with Crippen molar-refractivity contribution >= 4 is 17.3 Å². The van der Waals surface area contributed by atoms with E-state index in [0.717, 1.165) is 17.5 Å². The van der Waals surface area contributed by atoms with E-state index in [0.29, 0.717) is 22.5 Å². The summed E-state index contributed by atoms with van der Waals surface area (Å²) < 4.78 is 7.14. The van der Waals surface area contributed by atoms with Gasteiger partial charge in [-0.25, -0.2) is 9.97 Å². The van der Waals surface area contributed by atoms with Crippen molar-refractivity contribution in [1.82, 2.24) is 14.5 Å². The van der Waals surface area contributed by atoms with Gasteiger partial charge in [-0.05, 0) is 5.56 Å². The van der Waals surface area contributed by atoms with E-state index < -0.39 is 0 Å². The van der Waals surface area contributed by atoms with Gasteiger partial charge in [-0.15, -0.1) is 0 Å². The number of aryl methyl sites for hydroxylation is 1. The lowest BCUT2D eigenvalue weighted by Gasteiger charge is -2.04. The van der Waals surface area contributed by atoms with Gasteiger partial charge >= 0.3 is 0 Å². The molecule has 0 fully saturated rings. The SMILES string of the molecule is COc1ncnc2c1c(C=O)c(-c1ccccc1)n2C. The molecular formula is C15H13N3O2. The molecule has 20 heavy (non-hydrogen) atoms. The second-order valence-electron chi connectivity index (χ2n) is 4.39. The van der Waals surface area contributed by atoms with Crippen LogP contribution in [0.25, 0.3) is 22.3 Å². The molecule has 5 nitrogen and oxygen atoms in total. The molecule has 0 unspecified atom stereocenters. The monoisotopic (exact) mass is 267 g/mol. The summed E-state index contributed by atoms with van der Waals surface area (Å²) in [6.07, 6.45) is 2.26. The molecule has 1 aromatic carbocycles. The molecule has 5 heteroatoms. The molecule has 0 saturated heterocycles. The Morgan fingerprint density at radius 2 is 1.95 bits per heavy atom. The van der Waals surface area contributed by atoms with Crippen molar-refractivity contribution in [2.75, 3.05) is 7.11 Å². The minimum absolute atomic E-state index is 0.412. The lowest BCUT2D eigenvalue weighted by atomic mass is 10.1. The van der Waals surface area contributed by atoms with Gasteiger partial charge in [-0.1, -0.05) is 30.3 Å². The maximum Gasteiger partial charge on any atom is 0.226 e. The molecule has 0 spiro atoms. The predicted octanol–water partition coefficient (Wildman–Crippen LogP) is 2.46. The van der Waals surface area contributed by atoms with Crippen LogP contribution in [-0.4, -0.2) is 27.9 Å². The first-order valence-corrected chi connectivity index (χ1v) is 6.16. The molecule has 0 amide bonds. The Kier molecular flexibility index (Phi) is 2.95. The van der Waals surface area contributed by atoms with Crippen LogP contribution in [0.5, 0.6) is 5.88 Å². The van der Waals surface area contributed by atoms with E-state index in [1.165, 1.54) is 13.4 Å². The molecule has 0 aliphatic rings. The quantitative estimate of drug-likeness (QED) is 0.684. The minimum atomic E-state index is 0.412. The van der Waals surface area contributed by atoms with Gasteiger partial charge in [-0.2, -0.15) is 0 Å². The average molecular weight is 267 g/mol. The van der Waals surface area contributed by atoms with Crippen molar-refractivity contribution in [3.05, 3.63) is 42.2 Å². The van der Waals surface area contributed by atoms with Gasteiger partial charge in [0.05, 0.1) is 23.8 Å². The van der Waals surface area contributed by atoms with Crippen LogP contribution in [0.4, 0.5) is 0 Å². The summed E-state index contributed by atoms with van der Waals surface area (Å²) in [5, 5.41) is 0.645. The zero-order chi connectivity index (χ0) is 14.1. The van der Waals surface area contributed by atoms with E-state index >= 15 is 0 Å². The van der Waals surface area contributed by atoms with Crippen LogP contribution in [0, 0.1) is 0 Å². The Hall–Kier alpha value is -2.69. The zero-order valence-corrected chi connectivity index (χ0v) is 11.2. The van der Waals surface area contributed by atoms with Crippen molar-refractivity contribution in [3.63, 3.8) is 0 Å². The fraction of sp³-hybridized carbons (Fsp3) is 0.133. The summed E-state index contributed by atoms with van der Waals surface area (Å²) >= 11 is 0. The van der Waals surface area contributed by atoms with Gasteiger partial charge in [0.1, 0.15) is 12.0 Å². The van der Waals surface area contributed by atoms with Crippen LogP contribution < -0.4 is 4.74 Å². The number of aldehydes is 1. The fourth-order valence-electron chi connectivity index (χ4n) is 2.47. The maximum absolute atomic E-state index is 11.6. The molecule has 0 radical (unpaired) electrons. The molecule has 0 aliphatic carbocycles. The molecule has 0 N–H and O–H groups in total. The largest absolute Gasteiger partial charge is 0.480 e. The van der Waals surface area contributed by atoms with Crippen LogP contribution in [0.15, 0.2) is 36.7 Å². The summed E-state index contributed by atoms with van der Waals surface area (Å²) in [5.41, 5.74) is 3.00. The van der Waals surface area contributed by atoms with Crippen molar-refractivity contribution in [1.29, 1.82) is 0 Å². The van der Waals surface area contributed by atoms with Gasteiger partial charge in [-0.3, -0.25) is 4.79 Å². The molecular weight excluding hydrogens is 254 g/mol. The number of rotatable bonds is 3. The molecule has 3 rings (SSSR count). The molecule has 2 aromatic heterocycles. The van der Waals surface area contributed by atoms with Crippen LogP contribution in [-0.2, 0) is 7.05 Å². The number of nitrogens with zero attached hydrogens (tertiary/aromatic N) is 3. The van der Waals surface area contributed by atoms with E-state index in [1.54, 1.807) is 0 Å². The second-order valence-corrected chi connectivity index (χ2v) is 4.39. The van der Waals surface area contributed by atoms with Crippen molar-refractivity contribution in [2.45, 2.75) is 0 Å². The van der Waals surface area contributed by atoms with Crippen molar-refractivity contribution in [3.8, 4) is 17.1 Å². The number of carbonyl (C=O) groups is 1. The first-order valence-electron chi connectivity index (χ1n) is 6.16. The molecule has 0 saturated carbocycles. The Morgan fingerprint density at radius 1 is 1.20 bits per heavy atom. The topological polar surface area (TPSA) is 57.0 Å². The lowest BCUT2D eigenvalue weighted by molar-refractivity contribution is 0.112. The van der Waals surface area contributed by atoms with Crippen molar-refractivity contribution in [2.24, 2.45) is 7.05 Å². The number of methoxy groups -OCH3 is 1. The summed E-state index contributed by atoms with van der Waals surface area (Å²) in [6, 6.07) is 9.73. The van der Waals surface area contributed by atoms with E-state index in [2.05, 4.69) is 9.97 Å². The number of carbonyl (C=O) groups excluding carboxylic acids is 1. The highest BCUT2D eigenvalue weighted by molar-refractivity contribution is 6.05. The summed E-state index contributed by atoms with van der Waals surface area (Å²) in [5.74, 6) is 0.412. The fourth-order valence-corrected chi connectivity index (χ4v) is 2.47. The summed E-state index contributed by atoms with van der Waals surface area (Å²) in [4.78, 5) is 19.9. The highest BCUT2D eigenvalue weighted by Crippen LogP contribution is 2.34. The Morgan fingerprint density at radius 3 is 2.60 bits per heavy atom. The van der Waals surface area contributed by atoms with Gasteiger partial charge in [0.15, 0.2) is 6.29 Å². The first-order chi connectivity index (χ1) is 9.77. The van der Waals surface area contributed by atoms with Crippen LogP contribution >= 0.6 is 0 Å². The van der Waals surface area contributed by atoms with Crippen molar-refractivity contribution < 1.29 is 9.53 Å². The highest BCUT2D eigenvalue weighted by atomic mass is 16.5. The zero-order valence-electron chi connectivity index (χ0n) is 11.2. The minimum Gasteiger partial charge on any atom is -0.480 e. The van der Waals surface area contributed by atoms with Gasteiger partial charge in [0, 0.05) is 7.05 Å². The number of hydrogen-bond donors (Lipinski definition) is 0. The van der Waals surface area contributed by atoms with E-state index in [1.807, 2.05) is 41.9 Å². The Balaban J connectivity index is 2.44. The first kappa shape index (κ1) is 12.3. The van der Waals surface area contributed by atoms with E-state index in [-0.39, 0.29) is 0 Å². The standard InChI is InChI=1S/C15H13N3O2/c1-18-13(10-6-4-3-5-7-10)11(8-19)12-14(18)16-9-17-15(12)20-2/h3-9H,1-2H3. The van der Waals surface area contributed by atoms with Crippen LogP contribution in [0.1, 0.15) is 10.4 Å². The molecule has 0 bridgehead atoms. The summed E-state index contributed by atoms with van der Waals surface area (Å²) in [7, 11) is 3.41. The van der Waals surface area contributed by atoms with Gasteiger partial charge < -0.3 is 9.30 Å². The van der Waals surface area contributed by atoms with Gasteiger partial charge in [0.25, 0.3) is 0 Å². The van der Waals surface area contributed by atoms with Gasteiger partial charge in [0.2, 0.25) is 5.88 Å². The predicted molar refractivity (Wildman–Crippen MR) is 75.9 cm³/mol. The van der Waals surface area contributed by atoms with E-state index in [9.17, 15) is 4.79 Å². The lowest BCUT2D eigenvalue weighted by Crippen LogP contribution is -1.94. The van der Waals surface area contributed by atoms with E-state index in [4.69, 9.17) is 4.74 Å². The molecule has 0 aliphatic heterocycles. The highest BCUT2D eigenvalue weighted by Gasteiger charge is 2.20. The molecule has 3 aromatic rings. The third kappa shape index (κ3) is 1.67. The number of ether oxygens (including phenoxy) is 1.